The average molecular weight is 485 g/mol. The van der Waals surface area contributed by atoms with Gasteiger partial charge in [0.05, 0.1) is 12.2 Å². The molecule has 1 aromatic carbocycles. The summed E-state index contributed by atoms with van der Waals surface area (Å²) < 4.78 is 5.44. The number of phenols is 1. The Labute approximate surface area is 201 Å². The fourth-order valence-corrected chi connectivity index (χ4v) is 5.32. The second kappa shape index (κ2) is 8.77. The average Bonchev–Trinajstić information content (AvgIpc) is 2.79. The Hall–Kier alpha value is -3.79. The van der Waals surface area contributed by atoms with Gasteiger partial charge in [-0.1, -0.05) is 13.0 Å². The maximum atomic E-state index is 13.5. The molecule has 186 valence electrons. The molecule has 1 aromatic rings. The monoisotopic (exact) mass is 484 g/mol. The van der Waals surface area contributed by atoms with E-state index in [2.05, 4.69) is 11.9 Å². The van der Waals surface area contributed by atoms with Crippen LogP contribution in [-0.2, 0) is 32.1 Å². The lowest BCUT2D eigenvalue weighted by Crippen LogP contribution is -2.58. The van der Waals surface area contributed by atoms with Gasteiger partial charge in [-0.05, 0) is 49.0 Å². The minimum Gasteiger partial charge on any atom is -0.508 e. The van der Waals surface area contributed by atoms with Crippen LogP contribution in [0.1, 0.15) is 42.9 Å². The standard InChI is InChI=1S/C25H28N2O8/c1-3-6-35-11(2)27-10-12-4-5-16(28)19-15(12)8-13-7-14-9-17(29)20(24(26)33)23(32)25(14,34)22(31)18(13)21(19)30/h4-5,13-14,27-28,30,32,34H,2-3,6-10H2,1H3,(H2,26,33)/t13-,14+,25+/m1/s1. The van der Waals surface area contributed by atoms with Crippen molar-refractivity contribution in [1.82, 2.24) is 5.32 Å². The number of phenolic OH excluding ortho intramolecular Hbond substituents is 1. The highest BCUT2D eigenvalue weighted by atomic mass is 16.5. The number of aliphatic hydroxyl groups is 3. The number of nitrogens with two attached hydrogens (primary N) is 1. The molecule has 35 heavy (non-hydrogen) atoms. The molecule has 7 N–H and O–H groups in total. The van der Waals surface area contributed by atoms with Crippen LogP contribution in [0.15, 0.2) is 41.5 Å². The highest BCUT2D eigenvalue weighted by Crippen LogP contribution is 2.52. The molecule has 0 unspecified atom stereocenters. The summed E-state index contributed by atoms with van der Waals surface area (Å²) in [6.07, 6.45) is 0.777. The summed E-state index contributed by atoms with van der Waals surface area (Å²) in [6.45, 7) is 6.55. The van der Waals surface area contributed by atoms with E-state index in [1.165, 1.54) is 6.07 Å². The molecule has 1 fully saturated rings. The van der Waals surface area contributed by atoms with Crippen molar-refractivity contribution in [3.63, 3.8) is 0 Å². The normalized spacial score (nSPS) is 25.5. The van der Waals surface area contributed by atoms with E-state index < -0.39 is 52.0 Å². The van der Waals surface area contributed by atoms with Crippen LogP contribution < -0.4 is 11.1 Å². The number of hydrogen-bond donors (Lipinski definition) is 6. The largest absolute Gasteiger partial charge is 0.508 e. The van der Waals surface area contributed by atoms with Gasteiger partial charge in [-0.15, -0.1) is 0 Å². The first-order chi connectivity index (χ1) is 16.5. The minimum absolute atomic E-state index is 0.0523. The van der Waals surface area contributed by atoms with Gasteiger partial charge in [-0.2, -0.15) is 0 Å². The summed E-state index contributed by atoms with van der Waals surface area (Å²) in [5.41, 5.74) is 3.03. The van der Waals surface area contributed by atoms with E-state index >= 15 is 0 Å². The van der Waals surface area contributed by atoms with Gasteiger partial charge in [0.15, 0.2) is 17.3 Å². The summed E-state index contributed by atoms with van der Waals surface area (Å²) >= 11 is 0. The van der Waals surface area contributed by atoms with Crippen LogP contribution in [0.3, 0.4) is 0 Å². The predicted molar refractivity (Wildman–Crippen MR) is 124 cm³/mol. The van der Waals surface area contributed by atoms with E-state index in [1.807, 2.05) is 6.92 Å². The first kappa shape index (κ1) is 24.3. The lowest BCUT2D eigenvalue weighted by atomic mass is 9.59. The van der Waals surface area contributed by atoms with Crippen molar-refractivity contribution in [2.75, 3.05) is 6.61 Å². The van der Waals surface area contributed by atoms with Crippen LogP contribution in [0.5, 0.6) is 5.75 Å². The number of amides is 1. The second-order valence-corrected chi connectivity index (χ2v) is 9.13. The number of primary amides is 1. The third kappa shape index (κ3) is 3.74. The van der Waals surface area contributed by atoms with Gasteiger partial charge in [0.25, 0.3) is 5.91 Å². The third-order valence-corrected chi connectivity index (χ3v) is 7.00. The second-order valence-electron chi connectivity index (χ2n) is 9.13. The number of aliphatic hydroxyl groups excluding tert-OH is 2. The quantitative estimate of drug-likeness (QED) is 0.246. The Morgan fingerprint density at radius 3 is 2.63 bits per heavy atom. The zero-order valence-corrected chi connectivity index (χ0v) is 19.3. The molecule has 1 saturated carbocycles. The molecule has 0 saturated heterocycles. The predicted octanol–water partition coefficient (Wildman–Crippen LogP) is 1.41. The lowest BCUT2D eigenvalue weighted by molar-refractivity contribution is -0.147. The van der Waals surface area contributed by atoms with Crippen LogP contribution in [0, 0.1) is 11.8 Å². The number of hydrogen-bond acceptors (Lipinski definition) is 9. The molecule has 0 aromatic heterocycles. The van der Waals surface area contributed by atoms with Crippen molar-refractivity contribution in [3.05, 3.63) is 58.2 Å². The maximum Gasteiger partial charge on any atom is 0.255 e. The molecule has 10 heteroatoms. The zero-order chi connectivity index (χ0) is 25.7. The Balaban J connectivity index is 1.76. The van der Waals surface area contributed by atoms with Crippen LogP contribution in [0.25, 0.3) is 5.76 Å². The number of carbonyl (C=O) groups is 3. The molecule has 0 bridgehead atoms. The number of ether oxygens (including phenoxy) is 1. The topological polar surface area (TPSA) is 179 Å². The van der Waals surface area contributed by atoms with E-state index in [0.29, 0.717) is 18.1 Å². The third-order valence-electron chi connectivity index (χ3n) is 7.00. The Morgan fingerprint density at radius 2 is 1.97 bits per heavy atom. The Bertz CT molecular complexity index is 1210. The molecule has 10 nitrogen and oxygen atoms in total. The van der Waals surface area contributed by atoms with Crippen LogP contribution in [0.4, 0.5) is 0 Å². The highest BCUT2D eigenvalue weighted by molar-refractivity contribution is 6.22. The van der Waals surface area contributed by atoms with Crippen LogP contribution >= 0.6 is 0 Å². The highest BCUT2D eigenvalue weighted by Gasteiger charge is 2.60. The number of carbonyl (C=O) groups excluding carboxylic acids is 3. The molecular formula is C25H28N2O8. The number of fused-ring (bicyclic) bond motifs is 3. The molecule has 0 spiro atoms. The number of ketones is 2. The first-order valence-corrected chi connectivity index (χ1v) is 11.4. The number of aromatic hydroxyl groups is 1. The summed E-state index contributed by atoms with van der Waals surface area (Å²) in [5, 5.41) is 46.5. The van der Waals surface area contributed by atoms with Crippen molar-refractivity contribution in [1.29, 1.82) is 0 Å². The van der Waals surface area contributed by atoms with Gasteiger partial charge in [0.2, 0.25) is 5.78 Å². The minimum atomic E-state index is -2.57. The van der Waals surface area contributed by atoms with Crippen molar-refractivity contribution in [2.24, 2.45) is 17.6 Å². The van der Waals surface area contributed by atoms with Gasteiger partial charge in [0.1, 0.15) is 22.8 Å². The van der Waals surface area contributed by atoms with Gasteiger partial charge in [0, 0.05) is 24.5 Å². The summed E-state index contributed by atoms with van der Waals surface area (Å²) in [4.78, 5) is 37.6. The summed E-state index contributed by atoms with van der Waals surface area (Å²) in [7, 11) is 0. The zero-order valence-electron chi connectivity index (χ0n) is 19.3. The van der Waals surface area contributed by atoms with Crippen molar-refractivity contribution >= 4 is 23.2 Å². The first-order valence-electron chi connectivity index (χ1n) is 11.4. The molecule has 0 heterocycles. The van der Waals surface area contributed by atoms with E-state index in [9.17, 15) is 34.8 Å². The number of benzene rings is 1. The van der Waals surface area contributed by atoms with Crippen molar-refractivity contribution in [3.8, 4) is 5.75 Å². The Morgan fingerprint density at radius 1 is 1.26 bits per heavy atom. The fourth-order valence-electron chi connectivity index (χ4n) is 5.32. The molecule has 0 aliphatic heterocycles. The van der Waals surface area contributed by atoms with Crippen LogP contribution in [0.2, 0.25) is 0 Å². The SMILES string of the molecule is C=C(NCc1ccc(O)c2c1C[C@H]1C[C@H]3CC(=O)C(C(N)=O)=C(O)[C@@]3(O)C(=O)C1=C2O)OCCC. The molecule has 1 amide bonds. The summed E-state index contributed by atoms with van der Waals surface area (Å²) in [6, 6.07) is 3.07. The number of rotatable bonds is 7. The van der Waals surface area contributed by atoms with Gasteiger partial charge < -0.3 is 36.2 Å². The molecule has 4 rings (SSSR count). The van der Waals surface area contributed by atoms with E-state index in [4.69, 9.17) is 10.5 Å². The van der Waals surface area contributed by atoms with E-state index in [1.54, 1.807) is 6.07 Å². The van der Waals surface area contributed by atoms with Gasteiger partial charge >= 0.3 is 0 Å². The molecule has 0 radical (unpaired) electrons. The van der Waals surface area contributed by atoms with Gasteiger partial charge in [-0.25, -0.2) is 0 Å². The number of nitrogens with one attached hydrogen (secondary N) is 1. The maximum absolute atomic E-state index is 13.5. The molecule has 3 aliphatic rings. The Kier molecular flexibility index (Phi) is 6.10. The molecule has 3 aliphatic carbocycles. The number of Topliss-reactive ketones (excluding diaryl/α,β-unsaturated/α-hetero) is 2. The van der Waals surface area contributed by atoms with E-state index in [-0.39, 0.29) is 42.7 Å². The van der Waals surface area contributed by atoms with Gasteiger partial charge in [-0.3, -0.25) is 14.4 Å². The molecule has 3 atom stereocenters. The van der Waals surface area contributed by atoms with E-state index in [0.717, 1.165) is 12.0 Å². The van der Waals surface area contributed by atoms with Crippen molar-refractivity contribution in [2.45, 2.75) is 44.8 Å². The summed E-state index contributed by atoms with van der Waals surface area (Å²) in [5.74, 6) is -6.10. The van der Waals surface area contributed by atoms with Crippen molar-refractivity contribution < 1.29 is 39.5 Å². The fraction of sp³-hybridized carbons (Fsp3) is 0.400. The smallest absolute Gasteiger partial charge is 0.255 e. The van der Waals surface area contributed by atoms with Crippen LogP contribution in [-0.4, -0.2) is 50.1 Å². The lowest BCUT2D eigenvalue weighted by Gasteiger charge is -2.46. The molecular weight excluding hydrogens is 456 g/mol.